The fraction of sp³-hybridized carbons (Fsp3) is 0.698. The summed E-state index contributed by atoms with van der Waals surface area (Å²) in [5.41, 5.74) is 5.91. The number of H-pyrrole nitrogens is 3. The lowest BCUT2D eigenvalue weighted by Gasteiger charge is -2.00. The Labute approximate surface area is 677 Å². The quantitative estimate of drug-likeness (QED) is 0.0639. The first-order valence-electron chi connectivity index (χ1n) is 40.5. The van der Waals surface area contributed by atoms with Crippen LogP contribution in [0.3, 0.4) is 0 Å². The van der Waals surface area contributed by atoms with Crippen LogP contribution in [-0.4, -0.2) is 85.4 Å². The lowest BCUT2D eigenvalue weighted by molar-refractivity contribution is 0.359. The number of aromatic nitrogens is 17. The molecule has 0 aromatic carbocycles. The van der Waals surface area contributed by atoms with Gasteiger partial charge in [0.05, 0.1) is 28.3 Å². The average Bonchev–Trinajstić information content (AvgIpc) is 1.85. The van der Waals surface area contributed by atoms with Crippen molar-refractivity contribution in [2.75, 3.05) is 0 Å². The highest BCUT2D eigenvalue weighted by molar-refractivity contribution is 7.12. The van der Waals surface area contributed by atoms with Crippen LogP contribution >= 0.6 is 34.2 Å². The predicted molar refractivity (Wildman–Crippen MR) is 461 cm³/mol. The van der Waals surface area contributed by atoms with Crippen molar-refractivity contribution in [1.82, 2.24) is 85.4 Å². The fourth-order valence-corrected chi connectivity index (χ4v) is 10.8. The first-order valence-corrected chi connectivity index (χ1v) is 42.9. The highest BCUT2D eigenvalue weighted by atomic mass is 32.1. The summed E-state index contributed by atoms with van der Waals surface area (Å²) in [6.45, 7) is 84.9. The predicted octanol–water partition coefficient (Wildman–Crippen LogP) is 27.4. The molecule has 0 saturated heterocycles. The van der Waals surface area contributed by atoms with Crippen LogP contribution in [0.2, 0.25) is 0 Å². The monoisotopic (exact) mass is 1580 g/mol. The molecule has 0 saturated carbocycles. The molecule has 0 radical (unpaired) electrons. The molecule has 0 fully saturated rings. The Bertz CT molecular complexity index is 2880. The van der Waals surface area contributed by atoms with Crippen molar-refractivity contribution in [3.8, 4) is 0 Å². The van der Waals surface area contributed by atoms with Crippen LogP contribution in [0.5, 0.6) is 0 Å². The van der Waals surface area contributed by atoms with Crippen LogP contribution in [0, 0.1) is 0 Å². The molecule has 3 N–H and O–H groups in total. The van der Waals surface area contributed by atoms with Gasteiger partial charge in [-0.2, -0.15) is 19.6 Å². The summed E-state index contributed by atoms with van der Waals surface area (Å²) in [5, 5.41) is 41.7. The van der Waals surface area contributed by atoms with Gasteiger partial charge in [-0.1, -0.05) is 287 Å². The van der Waals surface area contributed by atoms with Crippen LogP contribution in [0.25, 0.3) is 0 Å². The molecule has 620 valence electrons. The molecule has 0 spiro atoms. The van der Waals surface area contributed by atoms with Gasteiger partial charge in [0.15, 0.2) is 17.5 Å². The molecule has 10 rings (SSSR count). The molecular formula is C86H149N17O4S3. The number of imidazole rings is 1. The van der Waals surface area contributed by atoms with Gasteiger partial charge in [0.25, 0.3) is 0 Å². The number of oxazole rings is 1. The van der Waals surface area contributed by atoms with Gasteiger partial charge in [0.2, 0.25) is 17.7 Å². The Morgan fingerprint density at radius 2 is 0.782 bits per heavy atom. The molecule has 21 nitrogen and oxygen atoms in total. The van der Waals surface area contributed by atoms with Gasteiger partial charge in [-0.3, -0.25) is 10.2 Å². The zero-order valence-electron chi connectivity index (χ0n) is 75.6. The number of rotatable bonds is 20. The van der Waals surface area contributed by atoms with Gasteiger partial charge < -0.3 is 22.9 Å². The van der Waals surface area contributed by atoms with Gasteiger partial charge in [-0.25, -0.2) is 19.9 Å². The Morgan fingerprint density at radius 1 is 0.291 bits per heavy atom. The van der Waals surface area contributed by atoms with Crippen LogP contribution in [0.4, 0.5) is 0 Å². The Morgan fingerprint density at radius 3 is 1.04 bits per heavy atom. The standard InChI is InChI=1S/2C9H16N2.2C9H15NO.2C9H15NS.C8H15N3.2C8H14N2O.C8H14N2S/c1-6(2)8-5-10-9(11-8)7(3)4;1-6(2)8-5-9(7(3)4)11-10-8;1-6(2)8-5-10-9(11-8)7(3)4;1-6(2)8-5-9(7(3)4)11-10-8;1-6(2)8-5-10-9(11-8)7(3)4;1-6(2)8-5-9(7(3)4)11-10-8;1-5(2)7-9-8(6(3)4)11-10-7;1-5(2)7-9-10-8(11-7)6(3)4;1-5(2)7-9-8(6(3)4)11-10-7;1-5(2)7-9-10-8(11-7)6(3)4/h2*5-7H,1-4H3,(H,10,11);4*5-7H,1-4H3;5-6H,1-4H3,(H,9,10,11);3*5-6H,1-4H3. The zero-order valence-corrected chi connectivity index (χ0v) is 78.1. The van der Waals surface area contributed by atoms with Gasteiger partial charge in [0, 0.05) is 117 Å². The maximum absolute atomic E-state index is 5.50. The van der Waals surface area contributed by atoms with E-state index in [1.54, 1.807) is 22.9 Å². The van der Waals surface area contributed by atoms with Gasteiger partial charge in [-0.05, 0) is 65.1 Å². The normalized spacial score (nSPS) is 11.5. The number of nitrogens with one attached hydrogen (secondary N) is 3. The molecule has 0 unspecified atom stereocenters. The number of nitrogens with zero attached hydrogens (tertiary/aromatic N) is 14. The fourth-order valence-electron chi connectivity index (χ4n) is 8.19. The first-order chi connectivity index (χ1) is 51.1. The maximum atomic E-state index is 5.50. The summed E-state index contributed by atoms with van der Waals surface area (Å²) in [6, 6.07) is 6.41. The molecule has 0 aliphatic heterocycles. The number of hydrogen-bond acceptors (Lipinski definition) is 21. The maximum Gasteiger partial charge on any atom is 0.229 e. The molecule has 0 amide bonds. The lowest BCUT2D eigenvalue weighted by atomic mass is 10.1. The van der Waals surface area contributed by atoms with Crippen LogP contribution in [0.1, 0.15) is 507 Å². The third kappa shape index (κ3) is 38.1. The van der Waals surface area contributed by atoms with Gasteiger partial charge >= 0.3 is 0 Å². The molecule has 10 heterocycles. The van der Waals surface area contributed by atoms with Crippen molar-refractivity contribution >= 4 is 34.2 Å². The summed E-state index contributed by atoms with van der Waals surface area (Å²) in [7, 11) is 0. The molecule has 110 heavy (non-hydrogen) atoms. The third-order valence-electron chi connectivity index (χ3n) is 16.2. The molecule has 0 aliphatic carbocycles. The van der Waals surface area contributed by atoms with Gasteiger partial charge in [-0.15, -0.1) is 43.1 Å². The minimum atomic E-state index is 0.329. The highest BCUT2D eigenvalue weighted by Crippen LogP contribution is 2.29. The van der Waals surface area contributed by atoms with E-state index in [-0.39, 0.29) is 0 Å². The second-order valence-electron chi connectivity index (χ2n) is 34.1. The highest BCUT2D eigenvalue weighted by Gasteiger charge is 2.17. The number of thiazole rings is 1. The molecule has 0 aliphatic rings. The second kappa shape index (κ2) is 50.9. The van der Waals surface area contributed by atoms with E-state index in [0.717, 1.165) is 79.8 Å². The molecular weight excluding hydrogens is 1430 g/mol. The van der Waals surface area contributed by atoms with Crippen molar-refractivity contribution in [2.24, 2.45) is 0 Å². The minimum absolute atomic E-state index is 0.329. The summed E-state index contributed by atoms with van der Waals surface area (Å²) >= 11 is 5.20. The van der Waals surface area contributed by atoms with Crippen LogP contribution in [-0.2, 0) is 0 Å². The summed E-state index contributed by atoms with van der Waals surface area (Å²) in [4.78, 5) is 27.5. The lowest BCUT2D eigenvalue weighted by Crippen LogP contribution is -1.92. The van der Waals surface area contributed by atoms with Crippen molar-refractivity contribution in [2.45, 2.75) is 395 Å². The third-order valence-corrected chi connectivity index (χ3v) is 20.4. The topological polar surface area (TPSA) is 280 Å². The van der Waals surface area contributed by atoms with Crippen molar-refractivity contribution < 1.29 is 17.9 Å². The van der Waals surface area contributed by atoms with Crippen molar-refractivity contribution in [3.63, 3.8) is 0 Å². The van der Waals surface area contributed by atoms with E-state index in [1.165, 1.54) is 31.8 Å². The van der Waals surface area contributed by atoms with Crippen molar-refractivity contribution in [1.29, 1.82) is 0 Å². The largest absolute Gasteiger partial charge is 0.445 e. The van der Waals surface area contributed by atoms with E-state index >= 15 is 0 Å². The van der Waals surface area contributed by atoms with E-state index < -0.39 is 0 Å². The Kier molecular flexibility index (Phi) is 46.8. The SMILES string of the molecule is CC(C)c1cc(C(C)C)[nH]n1.CC(C)c1cc(C(C)C)on1.CC(C)c1cc(C(C)C)sn1.CC(C)c1cnc(C(C)C)[nH]1.CC(C)c1cnc(C(C)C)o1.CC(C)c1cnc(C(C)C)s1.CC(C)c1n[nH]c(C(C)C)n1.CC(C)c1nnc(C(C)C)o1.CC(C)c1nnc(C(C)C)s1.CC(C)c1noc(C(C)C)n1. The van der Waals surface area contributed by atoms with E-state index in [9.17, 15) is 0 Å². The first kappa shape index (κ1) is 101. The summed E-state index contributed by atoms with van der Waals surface area (Å²) < 4.78 is 25.4. The van der Waals surface area contributed by atoms with Crippen LogP contribution < -0.4 is 0 Å². The molecule has 10 aromatic rings. The minimum Gasteiger partial charge on any atom is -0.445 e. The number of hydrogen-bond donors (Lipinski definition) is 3. The summed E-state index contributed by atoms with van der Waals surface area (Å²) in [6.07, 6.45) is 5.75. The van der Waals surface area contributed by atoms with Crippen molar-refractivity contribution in [3.05, 3.63) is 148 Å². The van der Waals surface area contributed by atoms with Crippen LogP contribution in [0.15, 0.2) is 54.7 Å². The van der Waals surface area contributed by atoms with E-state index in [4.69, 9.17) is 17.9 Å². The molecule has 0 bridgehead atoms. The summed E-state index contributed by atoms with van der Waals surface area (Å²) in [5.74, 6) is 18.3. The van der Waals surface area contributed by atoms with E-state index in [2.05, 4.69) is 333 Å². The van der Waals surface area contributed by atoms with Gasteiger partial charge in [0.1, 0.15) is 33.2 Å². The molecule has 10 aromatic heterocycles. The zero-order chi connectivity index (χ0) is 84.3. The Hall–Kier alpha value is -6.92. The average molecular weight is 1580 g/mol. The number of aromatic amines is 3. The van der Waals surface area contributed by atoms with E-state index in [0.29, 0.717) is 118 Å². The van der Waals surface area contributed by atoms with E-state index in [1.807, 2.05) is 77.5 Å². The molecule has 0 atom stereocenters. The smallest absolute Gasteiger partial charge is 0.229 e. The second-order valence-corrected chi connectivity index (χ2v) is 37.1. The molecule has 24 heteroatoms. The Balaban J connectivity index is 0.000000611.